The lowest BCUT2D eigenvalue weighted by Crippen LogP contribution is -2.35. The van der Waals surface area contributed by atoms with Gasteiger partial charge in [0.1, 0.15) is 5.82 Å². The largest absolute Gasteiger partial charge is 0.395 e. The fourth-order valence-corrected chi connectivity index (χ4v) is 1.69. The van der Waals surface area contributed by atoms with Gasteiger partial charge in [0.05, 0.1) is 19.8 Å². The average Bonchev–Trinajstić information content (AvgIpc) is 2.33. The van der Waals surface area contributed by atoms with Gasteiger partial charge in [-0.2, -0.15) is 0 Å². The third-order valence-corrected chi connectivity index (χ3v) is 2.55. The van der Waals surface area contributed by atoms with Crippen molar-refractivity contribution >= 4 is 5.78 Å². The van der Waals surface area contributed by atoms with E-state index in [1.54, 1.807) is 17.0 Å². The second-order valence-corrected chi connectivity index (χ2v) is 4.07. The van der Waals surface area contributed by atoms with Gasteiger partial charge < -0.3 is 10.2 Å². The first kappa shape index (κ1) is 14.8. The molecule has 0 amide bonds. The van der Waals surface area contributed by atoms with Crippen molar-refractivity contribution in [2.45, 2.75) is 6.42 Å². The van der Waals surface area contributed by atoms with Gasteiger partial charge in [0.15, 0.2) is 5.78 Å². The van der Waals surface area contributed by atoms with Gasteiger partial charge in [-0.25, -0.2) is 4.39 Å². The van der Waals surface area contributed by atoms with Crippen molar-refractivity contribution in [3.05, 3.63) is 35.6 Å². The highest BCUT2D eigenvalue weighted by atomic mass is 19.1. The number of nitrogens with zero attached hydrogens (tertiary/aromatic N) is 1. The zero-order chi connectivity index (χ0) is 13.4. The highest BCUT2D eigenvalue weighted by molar-refractivity contribution is 5.82. The van der Waals surface area contributed by atoms with Crippen molar-refractivity contribution in [3.8, 4) is 0 Å². The fourth-order valence-electron chi connectivity index (χ4n) is 1.69. The Morgan fingerprint density at radius 2 is 1.67 bits per heavy atom. The number of Topliss-reactive ketones (excluding diaryl/α,β-unsaturated/α-hetero) is 1. The van der Waals surface area contributed by atoms with Crippen molar-refractivity contribution in [1.29, 1.82) is 0 Å². The van der Waals surface area contributed by atoms with E-state index in [4.69, 9.17) is 10.2 Å². The summed E-state index contributed by atoms with van der Waals surface area (Å²) in [6.45, 7) is 0.789. The number of ketones is 1. The molecule has 1 rings (SSSR count). The van der Waals surface area contributed by atoms with E-state index in [9.17, 15) is 9.18 Å². The smallest absolute Gasteiger partial charge is 0.151 e. The monoisotopic (exact) mass is 255 g/mol. The van der Waals surface area contributed by atoms with Gasteiger partial charge in [0.25, 0.3) is 0 Å². The quantitative estimate of drug-likeness (QED) is 0.698. The molecule has 4 nitrogen and oxygen atoms in total. The molecule has 1 aromatic rings. The molecule has 0 spiro atoms. The van der Waals surface area contributed by atoms with Crippen molar-refractivity contribution in [2.75, 3.05) is 32.8 Å². The van der Waals surface area contributed by atoms with Crippen molar-refractivity contribution in [2.24, 2.45) is 0 Å². The van der Waals surface area contributed by atoms with Crippen LogP contribution < -0.4 is 0 Å². The highest BCUT2D eigenvalue weighted by Crippen LogP contribution is 2.04. The maximum atomic E-state index is 12.7. The summed E-state index contributed by atoms with van der Waals surface area (Å²) >= 11 is 0. The molecule has 0 aliphatic carbocycles. The first-order chi connectivity index (χ1) is 8.65. The minimum Gasteiger partial charge on any atom is -0.395 e. The van der Waals surface area contributed by atoms with Crippen LogP contribution in [0.4, 0.5) is 4.39 Å². The SMILES string of the molecule is O=C(Cc1ccc(F)cc1)CN(CCO)CCO. The van der Waals surface area contributed by atoms with Gasteiger partial charge in [-0.15, -0.1) is 0 Å². The molecule has 0 saturated carbocycles. The third kappa shape index (κ3) is 5.35. The van der Waals surface area contributed by atoms with Crippen LogP contribution in [0.1, 0.15) is 5.56 Å². The van der Waals surface area contributed by atoms with Gasteiger partial charge in [-0.05, 0) is 17.7 Å². The van der Waals surface area contributed by atoms with E-state index in [0.29, 0.717) is 13.1 Å². The van der Waals surface area contributed by atoms with Crippen LogP contribution in [0.2, 0.25) is 0 Å². The zero-order valence-corrected chi connectivity index (χ0v) is 10.2. The Morgan fingerprint density at radius 3 is 2.17 bits per heavy atom. The van der Waals surface area contributed by atoms with Crippen LogP contribution in [0.3, 0.4) is 0 Å². The van der Waals surface area contributed by atoms with Crippen LogP contribution in [0.15, 0.2) is 24.3 Å². The molecular formula is C13H18FNO3. The molecule has 0 saturated heterocycles. The Kier molecular flexibility index (Phi) is 6.49. The molecule has 18 heavy (non-hydrogen) atoms. The lowest BCUT2D eigenvalue weighted by atomic mass is 10.1. The molecule has 0 fully saturated rings. The first-order valence-electron chi connectivity index (χ1n) is 5.86. The Bertz CT molecular complexity index is 361. The zero-order valence-electron chi connectivity index (χ0n) is 10.2. The number of hydrogen-bond donors (Lipinski definition) is 2. The average molecular weight is 255 g/mol. The molecule has 0 aliphatic rings. The van der Waals surface area contributed by atoms with Crippen molar-refractivity contribution in [1.82, 2.24) is 4.90 Å². The van der Waals surface area contributed by atoms with E-state index in [-0.39, 0.29) is 37.8 Å². The Morgan fingerprint density at radius 1 is 1.11 bits per heavy atom. The summed E-state index contributed by atoms with van der Waals surface area (Å²) in [6.07, 6.45) is 0.230. The van der Waals surface area contributed by atoms with Gasteiger partial charge in [0.2, 0.25) is 0 Å². The second kappa shape index (κ2) is 7.92. The first-order valence-corrected chi connectivity index (χ1v) is 5.86. The maximum absolute atomic E-state index is 12.7. The molecule has 1 aromatic carbocycles. The molecule has 0 bridgehead atoms. The minimum absolute atomic E-state index is 0.0245. The molecule has 100 valence electrons. The van der Waals surface area contributed by atoms with Gasteiger partial charge in [-0.3, -0.25) is 9.69 Å². The van der Waals surface area contributed by atoms with Crippen LogP contribution >= 0.6 is 0 Å². The molecule has 0 unspecified atom stereocenters. The standard InChI is InChI=1S/C13H18FNO3/c14-12-3-1-11(2-4-12)9-13(18)10-15(5-7-16)6-8-17/h1-4,16-17H,5-10H2. The van der Waals surface area contributed by atoms with Gasteiger partial charge in [0, 0.05) is 19.5 Å². The number of halogens is 1. The summed E-state index contributed by atoms with van der Waals surface area (Å²) in [7, 11) is 0. The normalized spacial score (nSPS) is 10.9. The van der Waals surface area contributed by atoms with E-state index in [1.165, 1.54) is 12.1 Å². The van der Waals surface area contributed by atoms with Crippen molar-refractivity contribution in [3.63, 3.8) is 0 Å². The number of carbonyl (C=O) groups is 1. The Balaban J connectivity index is 2.46. The Hall–Kier alpha value is -1.30. The molecule has 0 atom stereocenters. The molecule has 0 aromatic heterocycles. The van der Waals surface area contributed by atoms with Gasteiger partial charge >= 0.3 is 0 Å². The van der Waals surface area contributed by atoms with E-state index < -0.39 is 0 Å². The number of carbonyl (C=O) groups excluding carboxylic acids is 1. The second-order valence-electron chi connectivity index (χ2n) is 4.07. The summed E-state index contributed by atoms with van der Waals surface area (Å²) in [6, 6.07) is 5.80. The lowest BCUT2D eigenvalue weighted by Gasteiger charge is -2.18. The van der Waals surface area contributed by atoms with Crippen LogP contribution in [0.5, 0.6) is 0 Å². The topological polar surface area (TPSA) is 60.8 Å². The van der Waals surface area contributed by atoms with Crippen LogP contribution in [-0.2, 0) is 11.2 Å². The number of rotatable bonds is 8. The highest BCUT2D eigenvalue weighted by Gasteiger charge is 2.10. The minimum atomic E-state index is -0.326. The summed E-state index contributed by atoms with van der Waals surface area (Å²) in [4.78, 5) is 13.4. The molecule has 0 heterocycles. The van der Waals surface area contributed by atoms with Crippen molar-refractivity contribution < 1.29 is 19.4 Å². The number of benzene rings is 1. The van der Waals surface area contributed by atoms with E-state index in [2.05, 4.69) is 0 Å². The fraction of sp³-hybridized carbons (Fsp3) is 0.462. The molecule has 0 aliphatic heterocycles. The number of aliphatic hydroxyl groups excluding tert-OH is 2. The lowest BCUT2D eigenvalue weighted by molar-refractivity contribution is -0.119. The van der Waals surface area contributed by atoms with E-state index in [0.717, 1.165) is 5.56 Å². The predicted molar refractivity (Wildman–Crippen MR) is 65.7 cm³/mol. The summed E-state index contributed by atoms with van der Waals surface area (Å²) in [5, 5.41) is 17.6. The molecule has 5 heteroatoms. The van der Waals surface area contributed by atoms with Crippen LogP contribution in [0, 0.1) is 5.82 Å². The summed E-state index contributed by atoms with van der Waals surface area (Å²) < 4.78 is 12.7. The molecule has 0 radical (unpaired) electrons. The number of aliphatic hydroxyl groups is 2. The summed E-state index contributed by atoms with van der Waals surface area (Å²) in [5.74, 6) is -0.350. The third-order valence-electron chi connectivity index (χ3n) is 2.55. The van der Waals surface area contributed by atoms with Crippen LogP contribution in [0.25, 0.3) is 0 Å². The predicted octanol–water partition coefficient (Wildman–Crippen LogP) is 0.224. The number of hydrogen-bond acceptors (Lipinski definition) is 4. The molecular weight excluding hydrogens is 237 g/mol. The molecule has 2 N–H and O–H groups in total. The van der Waals surface area contributed by atoms with E-state index >= 15 is 0 Å². The van der Waals surface area contributed by atoms with E-state index in [1.807, 2.05) is 0 Å². The van der Waals surface area contributed by atoms with Gasteiger partial charge in [-0.1, -0.05) is 12.1 Å². The summed E-state index contributed by atoms with van der Waals surface area (Å²) in [5.41, 5.74) is 0.759. The maximum Gasteiger partial charge on any atom is 0.151 e. The Labute approximate surface area is 106 Å². The van der Waals surface area contributed by atoms with Crippen LogP contribution in [-0.4, -0.2) is 53.7 Å².